The smallest absolute Gasteiger partial charge is 0.276 e. The second-order valence-electron chi connectivity index (χ2n) is 7.26. The van der Waals surface area contributed by atoms with Crippen LogP contribution in [0, 0.1) is 6.92 Å². The van der Waals surface area contributed by atoms with Crippen molar-refractivity contribution >= 4 is 17.5 Å². The number of nitrogens with one attached hydrogen (secondary N) is 2. The van der Waals surface area contributed by atoms with Crippen molar-refractivity contribution in [1.29, 1.82) is 0 Å². The van der Waals surface area contributed by atoms with E-state index in [0.29, 0.717) is 17.8 Å². The van der Waals surface area contributed by atoms with Crippen LogP contribution in [0.3, 0.4) is 0 Å². The molecule has 2 amide bonds. The van der Waals surface area contributed by atoms with E-state index in [0.717, 1.165) is 30.8 Å². The number of anilines is 1. The Kier molecular flexibility index (Phi) is 5.90. The molecule has 1 atom stereocenters. The lowest BCUT2D eigenvalue weighted by Crippen LogP contribution is -2.32. The van der Waals surface area contributed by atoms with Crippen molar-refractivity contribution in [2.24, 2.45) is 0 Å². The van der Waals surface area contributed by atoms with Crippen LogP contribution in [0.1, 0.15) is 39.4 Å². The summed E-state index contributed by atoms with van der Waals surface area (Å²) in [4.78, 5) is 25.5. The highest BCUT2D eigenvalue weighted by molar-refractivity contribution is 6.08. The highest BCUT2D eigenvalue weighted by Crippen LogP contribution is 2.18. The van der Waals surface area contributed by atoms with Gasteiger partial charge in [-0.05, 0) is 50.1 Å². The van der Waals surface area contributed by atoms with Crippen molar-refractivity contribution < 1.29 is 14.3 Å². The second-order valence-corrected chi connectivity index (χ2v) is 7.26. The van der Waals surface area contributed by atoms with Crippen molar-refractivity contribution in [1.82, 2.24) is 15.1 Å². The molecule has 2 N–H and O–H groups in total. The molecule has 4 rings (SSSR count). The minimum Gasteiger partial charge on any atom is -0.376 e. The molecule has 0 saturated carbocycles. The number of para-hydroxylation sites is 2. The fourth-order valence-electron chi connectivity index (χ4n) is 3.50. The lowest BCUT2D eigenvalue weighted by molar-refractivity contribution is 0.0858. The van der Waals surface area contributed by atoms with Crippen LogP contribution in [0.4, 0.5) is 5.69 Å². The summed E-state index contributed by atoms with van der Waals surface area (Å²) >= 11 is 0. The Hall–Kier alpha value is -3.45. The third kappa shape index (κ3) is 4.41. The first-order valence-corrected chi connectivity index (χ1v) is 10.0. The van der Waals surface area contributed by atoms with E-state index in [1.54, 1.807) is 35.0 Å². The molecule has 154 valence electrons. The third-order valence-electron chi connectivity index (χ3n) is 5.06. The quantitative estimate of drug-likeness (QED) is 0.660. The number of carbonyl (C=O) groups excluding carboxylic acids is 2. The summed E-state index contributed by atoms with van der Waals surface area (Å²) in [6.07, 6.45) is 2.02. The molecule has 1 aromatic heterocycles. The van der Waals surface area contributed by atoms with E-state index in [1.807, 2.05) is 37.3 Å². The number of ether oxygens (including phenoxy) is 1. The van der Waals surface area contributed by atoms with E-state index >= 15 is 0 Å². The number of nitrogens with zero attached hydrogens (tertiary/aromatic N) is 2. The van der Waals surface area contributed by atoms with Gasteiger partial charge in [-0.15, -0.1) is 0 Å². The first-order chi connectivity index (χ1) is 14.6. The van der Waals surface area contributed by atoms with E-state index in [9.17, 15) is 9.59 Å². The standard InChI is InChI=1S/C23H24N4O3/c1-16-14-21(26-27(16)17-8-3-2-4-9-17)23(29)25-20-12-6-5-11-19(20)22(28)24-15-18-10-7-13-30-18/h2-6,8-9,11-12,14,18H,7,10,13,15H2,1H3,(H,24,28)(H,25,29). The average molecular weight is 404 g/mol. The van der Waals surface area contributed by atoms with Crippen LogP contribution in [0.2, 0.25) is 0 Å². The van der Waals surface area contributed by atoms with Gasteiger partial charge in [0.05, 0.1) is 23.0 Å². The molecule has 1 aliphatic rings. The van der Waals surface area contributed by atoms with Crippen molar-refractivity contribution in [3.8, 4) is 5.69 Å². The Morgan fingerprint density at radius 1 is 1.10 bits per heavy atom. The largest absolute Gasteiger partial charge is 0.376 e. The van der Waals surface area contributed by atoms with Crippen LogP contribution in [-0.2, 0) is 4.74 Å². The van der Waals surface area contributed by atoms with Gasteiger partial charge in [0, 0.05) is 18.8 Å². The minimum atomic E-state index is -0.368. The number of aromatic nitrogens is 2. The Morgan fingerprint density at radius 2 is 1.87 bits per heavy atom. The van der Waals surface area contributed by atoms with Crippen molar-refractivity contribution in [2.45, 2.75) is 25.9 Å². The highest BCUT2D eigenvalue weighted by Gasteiger charge is 2.20. The molecule has 1 unspecified atom stereocenters. The van der Waals surface area contributed by atoms with Gasteiger partial charge in [-0.1, -0.05) is 30.3 Å². The maximum absolute atomic E-state index is 12.8. The Bertz CT molecular complexity index is 1040. The second kappa shape index (κ2) is 8.92. The summed E-state index contributed by atoms with van der Waals surface area (Å²) in [6, 6.07) is 18.3. The minimum absolute atomic E-state index is 0.0561. The summed E-state index contributed by atoms with van der Waals surface area (Å²) in [5.74, 6) is -0.612. The van der Waals surface area contributed by atoms with Crippen molar-refractivity contribution in [3.63, 3.8) is 0 Å². The summed E-state index contributed by atoms with van der Waals surface area (Å²) < 4.78 is 7.26. The molecule has 3 aromatic rings. The van der Waals surface area contributed by atoms with Crippen LogP contribution < -0.4 is 10.6 Å². The molecule has 2 heterocycles. The fourth-order valence-corrected chi connectivity index (χ4v) is 3.50. The van der Waals surface area contributed by atoms with Gasteiger partial charge in [0.25, 0.3) is 11.8 Å². The maximum atomic E-state index is 12.8. The van der Waals surface area contributed by atoms with E-state index in [2.05, 4.69) is 15.7 Å². The van der Waals surface area contributed by atoms with E-state index in [4.69, 9.17) is 4.74 Å². The number of aryl methyl sites for hydroxylation is 1. The molecule has 30 heavy (non-hydrogen) atoms. The maximum Gasteiger partial charge on any atom is 0.276 e. The van der Waals surface area contributed by atoms with Crippen LogP contribution >= 0.6 is 0 Å². The molecule has 7 heteroatoms. The fraction of sp³-hybridized carbons (Fsp3) is 0.261. The summed E-state index contributed by atoms with van der Waals surface area (Å²) in [6.45, 7) is 3.09. The first-order valence-electron chi connectivity index (χ1n) is 10.0. The van der Waals surface area contributed by atoms with Crippen LogP contribution in [0.25, 0.3) is 5.69 Å². The molecule has 1 fully saturated rings. The third-order valence-corrected chi connectivity index (χ3v) is 5.06. The van der Waals surface area contributed by atoms with Crippen LogP contribution in [0.5, 0.6) is 0 Å². The predicted octanol–water partition coefficient (Wildman–Crippen LogP) is 3.34. The molecule has 1 aliphatic heterocycles. The van der Waals surface area contributed by atoms with Gasteiger partial charge in [0.2, 0.25) is 0 Å². The topological polar surface area (TPSA) is 85.2 Å². The Balaban J connectivity index is 1.48. The van der Waals surface area contributed by atoms with Gasteiger partial charge in [0.1, 0.15) is 0 Å². The number of carbonyl (C=O) groups is 2. The molecule has 0 spiro atoms. The van der Waals surface area contributed by atoms with Crippen molar-refractivity contribution in [3.05, 3.63) is 77.6 Å². The lowest BCUT2D eigenvalue weighted by atomic mass is 10.1. The summed E-state index contributed by atoms with van der Waals surface area (Å²) in [7, 11) is 0. The number of rotatable bonds is 6. The normalized spacial score (nSPS) is 15.7. The average Bonchev–Trinajstić information content (AvgIpc) is 3.43. The number of hydrogen-bond acceptors (Lipinski definition) is 4. The Morgan fingerprint density at radius 3 is 2.63 bits per heavy atom. The van der Waals surface area contributed by atoms with Gasteiger partial charge in [-0.2, -0.15) is 5.10 Å². The molecular formula is C23H24N4O3. The predicted molar refractivity (Wildman–Crippen MR) is 114 cm³/mol. The molecule has 0 bridgehead atoms. The first kappa shape index (κ1) is 19.8. The zero-order valence-electron chi connectivity index (χ0n) is 16.8. The number of hydrogen-bond donors (Lipinski definition) is 2. The zero-order valence-corrected chi connectivity index (χ0v) is 16.8. The molecule has 0 aliphatic carbocycles. The summed E-state index contributed by atoms with van der Waals surface area (Å²) in [5.41, 5.74) is 2.85. The SMILES string of the molecule is Cc1cc(C(=O)Nc2ccccc2C(=O)NCC2CCCO2)nn1-c1ccccc1. The summed E-state index contributed by atoms with van der Waals surface area (Å²) in [5, 5.41) is 10.1. The molecular weight excluding hydrogens is 380 g/mol. The van der Waals surface area contributed by atoms with Gasteiger partial charge in [-0.25, -0.2) is 4.68 Å². The monoisotopic (exact) mass is 404 g/mol. The van der Waals surface area contributed by atoms with Crippen molar-refractivity contribution in [2.75, 3.05) is 18.5 Å². The van der Waals surface area contributed by atoms with Gasteiger partial charge >= 0.3 is 0 Å². The van der Waals surface area contributed by atoms with E-state index < -0.39 is 0 Å². The highest BCUT2D eigenvalue weighted by atomic mass is 16.5. The Labute approximate surface area is 175 Å². The van der Waals surface area contributed by atoms with E-state index in [1.165, 1.54) is 0 Å². The molecule has 7 nitrogen and oxygen atoms in total. The van der Waals surface area contributed by atoms with Gasteiger partial charge in [0.15, 0.2) is 5.69 Å². The van der Waals surface area contributed by atoms with Crippen LogP contribution in [0.15, 0.2) is 60.7 Å². The van der Waals surface area contributed by atoms with E-state index in [-0.39, 0.29) is 23.6 Å². The van der Waals surface area contributed by atoms with Gasteiger partial charge in [-0.3, -0.25) is 9.59 Å². The molecule has 0 radical (unpaired) electrons. The lowest BCUT2D eigenvalue weighted by Gasteiger charge is -2.13. The number of benzene rings is 2. The number of amides is 2. The molecule has 1 saturated heterocycles. The van der Waals surface area contributed by atoms with Gasteiger partial charge < -0.3 is 15.4 Å². The van der Waals surface area contributed by atoms with Crippen LogP contribution in [-0.4, -0.2) is 40.9 Å². The molecule has 2 aromatic carbocycles. The zero-order chi connectivity index (χ0) is 20.9.